The van der Waals surface area contributed by atoms with Crippen LogP contribution in [0.1, 0.15) is 16.5 Å². The van der Waals surface area contributed by atoms with Crippen molar-refractivity contribution in [1.29, 1.82) is 0 Å². The summed E-state index contributed by atoms with van der Waals surface area (Å²) >= 11 is 12.2. The summed E-state index contributed by atoms with van der Waals surface area (Å²) in [5, 5.41) is -0.111. The lowest BCUT2D eigenvalue weighted by atomic mass is 10.0. The summed E-state index contributed by atoms with van der Waals surface area (Å²) in [6.45, 7) is 0. The van der Waals surface area contributed by atoms with E-state index in [1.54, 1.807) is 12.1 Å². The average Bonchev–Trinajstić information content (AvgIpc) is 2.35. The van der Waals surface area contributed by atoms with E-state index < -0.39 is 0 Å². The fourth-order valence-corrected chi connectivity index (χ4v) is 3.33. The second-order valence-electron chi connectivity index (χ2n) is 3.96. The van der Waals surface area contributed by atoms with E-state index in [-0.39, 0.29) is 11.2 Å². The zero-order valence-electron chi connectivity index (χ0n) is 9.34. The van der Waals surface area contributed by atoms with Crippen LogP contribution in [0.15, 0.2) is 46.9 Å². The Balaban J connectivity index is 2.18. The molecule has 0 saturated carbocycles. The first-order chi connectivity index (χ1) is 8.56. The van der Waals surface area contributed by atoms with Crippen LogP contribution < -0.4 is 0 Å². The maximum atomic E-state index is 12.8. The van der Waals surface area contributed by atoms with Crippen molar-refractivity contribution < 1.29 is 4.39 Å². The zero-order chi connectivity index (χ0) is 13.1. The molecule has 0 aliphatic heterocycles. The summed E-state index contributed by atoms with van der Waals surface area (Å²) in [6, 6.07) is 12.5. The van der Waals surface area contributed by atoms with Gasteiger partial charge in [0.25, 0.3) is 0 Å². The van der Waals surface area contributed by atoms with Gasteiger partial charge in [0.1, 0.15) is 5.82 Å². The minimum Gasteiger partial charge on any atom is -0.207 e. The number of rotatable bonds is 3. The molecule has 2 rings (SSSR count). The van der Waals surface area contributed by atoms with Gasteiger partial charge in [-0.1, -0.05) is 28.1 Å². The molecular weight excluding hydrogens is 429 g/mol. The first-order valence-corrected chi connectivity index (χ1v) is 7.70. The van der Waals surface area contributed by atoms with E-state index in [4.69, 9.17) is 11.6 Å². The Kier molecular flexibility index (Phi) is 5.04. The third-order valence-corrected chi connectivity index (χ3v) is 4.49. The van der Waals surface area contributed by atoms with Gasteiger partial charge in [-0.2, -0.15) is 0 Å². The summed E-state index contributed by atoms with van der Waals surface area (Å²) in [7, 11) is 0. The van der Waals surface area contributed by atoms with Gasteiger partial charge in [-0.25, -0.2) is 4.39 Å². The molecule has 0 bridgehead atoms. The molecule has 2 aromatic rings. The Morgan fingerprint density at radius 2 is 1.83 bits per heavy atom. The molecule has 0 aliphatic carbocycles. The second kappa shape index (κ2) is 6.35. The Bertz CT molecular complexity index is 542. The summed E-state index contributed by atoms with van der Waals surface area (Å²) in [6.07, 6.45) is 0.689. The van der Waals surface area contributed by atoms with Crippen LogP contribution >= 0.6 is 50.1 Å². The van der Waals surface area contributed by atoms with E-state index in [1.165, 1.54) is 12.1 Å². The summed E-state index contributed by atoms with van der Waals surface area (Å²) in [5.74, 6) is -0.220. The molecule has 0 radical (unpaired) electrons. The largest absolute Gasteiger partial charge is 0.207 e. The third-order valence-electron chi connectivity index (χ3n) is 2.62. The molecule has 1 unspecified atom stereocenters. The van der Waals surface area contributed by atoms with Crippen molar-refractivity contribution in [3.8, 4) is 0 Å². The predicted octanol–water partition coefficient (Wildman–Crippen LogP) is 5.72. The van der Waals surface area contributed by atoms with Gasteiger partial charge < -0.3 is 0 Å². The average molecular weight is 439 g/mol. The molecule has 0 nitrogen and oxygen atoms in total. The summed E-state index contributed by atoms with van der Waals surface area (Å²) in [4.78, 5) is 0. The van der Waals surface area contributed by atoms with E-state index in [0.29, 0.717) is 6.42 Å². The number of hydrogen-bond donors (Lipinski definition) is 0. The summed E-state index contributed by atoms with van der Waals surface area (Å²) < 4.78 is 15.0. The van der Waals surface area contributed by atoms with Crippen LogP contribution in [-0.2, 0) is 6.42 Å². The lowest BCUT2D eigenvalue weighted by Crippen LogP contribution is -1.98. The van der Waals surface area contributed by atoms with E-state index in [2.05, 4.69) is 38.5 Å². The lowest BCUT2D eigenvalue weighted by Gasteiger charge is -2.12. The van der Waals surface area contributed by atoms with Crippen LogP contribution in [0.25, 0.3) is 0 Å². The standard InChI is InChI=1S/C14H10BrClFI/c15-10-3-6-14(18)12(8-10)13(16)7-9-1-4-11(17)5-2-9/h1-6,8,13H,7H2. The van der Waals surface area contributed by atoms with Crippen LogP contribution in [0.5, 0.6) is 0 Å². The zero-order valence-corrected chi connectivity index (χ0v) is 13.8. The minimum atomic E-state index is -0.220. The Morgan fingerprint density at radius 1 is 1.17 bits per heavy atom. The molecule has 94 valence electrons. The molecule has 0 aromatic heterocycles. The van der Waals surface area contributed by atoms with Gasteiger partial charge in [-0.05, 0) is 70.5 Å². The molecule has 18 heavy (non-hydrogen) atoms. The summed E-state index contributed by atoms with van der Waals surface area (Å²) in [5.41, 5.74) is 2.13. The van der Waals surface area contributed by atoms with Crippen molar-refractivity contribution in [3.63, 3.8) is 0 Å². The Labute approximate surface area is 133 Å². The van der Waals surface area contributed by atoms with Gasteiger partial charge in [0.2, 0.25) is 0 Å². The van der Waals surface area contributed by atoms with Crippen LogP contribution in [0.2, 0.25) is 0 Å². The van der Waals surface area contributed by atoms with Gasteiger partial charge in [-0.15, -0.1) is 11.6 Å². The van der Waals surface area contributed by atoms with E-state index in [1.807, 2.05) is 18.2 Å². The first kappa shape index (κ1) is 14.3. The molecule has 0 fully saturated rings. The molecule has 1 atom stereocenters. The monoisotopic (exact) mass is 438 g/mol. The van der Waals surface area contributed by atoms with Gasteiger partial charge in [0.15, 0.2) is 0 Å². The smallest absolute Gasteiger partial charge is 0.123 e. The molecule has 0 spiro atoms. The highest BCUT2D eigenvalue weighted by atomic mass is 127. The molecule has 0 amide bonds. The predicted molar refractivity (Wildman–Crippen MR) is 85.6 cm³/mol. The highest BCUT2D eigenvalue weighted by Crippen LogP contribution is 2.31. The van der Waals surface area contributed by atoms with Crippen LogP contribution in [0.4, 0.5) is 4.39 Å². The van der Waals surface area contributed by atoms with Gasteiger partial charge in [0, 0.05) is 8.04 Å². The molecule has 0 N–H and O–H groups in total. The van der Waals surface area contributed by atoms with Crippen LogP contribution in [0.3, 0.4) is 0 Å². The number of hydrogen-bond acceptors (Lipinski definition) is 0. The molecule has 0 aliphatic rings. The third kappa shape index (κ3) is 3.68. The number of alkyl halides is 1. The Hall–Kier alpha value is -0.130. The number of halogens is 4. The highest BCUT2D eigenvalue weighted by molar-refractivity contribution is 14.1. The van der Waals surface area contributed by atoms with Gasteiger partial charge in [-0.3, -0.25) is 0 Å². The van der Waals surface area contributed by atoms with Crippen molar-refractivity contribution in [2.24, 2.45) is 0 Å². The highest BCUT2D eigenvalue weighted by Gasteiger charge is 2.12. The second-order valence-corrected chi connectivity index (χ2v) is 6.57. The molecule has 4 heteroatoms. The van der Waals surface area contributed by atoms with E-state index >= 15 is 0 Å². The molecule has 2 aromatic carbocycles. The van der Waals surface area contributed by atoms with E-state index in [0.717, 1.165) is 19.2 Å². The van der Waals surface area contributed by atoms with Crippen molar-refractivity contribution in [2.45, 2.75) is 11.8 Å². The van der Waals surface area contributed by atoms with E-state index in [9.17, 15) is 4.39 Å². The van der Waals surface area contributed by atoms with Crippen molar-refractivity contribution in [1.82, 2.24) is 0 Å². The Morgan fingerprint density at radius 3 is 2.50 bits per heavy atom. The lowest BCUT2D eigenvalue weighted by molar-refractivity contribution is 0.627. The normalized spacial score (nSPS) is 12.4. The van der Waals surface area contributed by atoms with Gasteiger partial charge >= 0.3 is 0 Å². The maximum absolute atomic E-state index is 12.8. The quantitative estimate of drug-likeness (QED) is 0.424. The topological polar surface area (TPSA) is 0 Å². The van der Waals surface area contributed by atoms with Crippen molar-refractivity contribution in [2.75, 3.05) is 0 Å². The van der Waals surface area contributed by atoms with Gasteiger partial charge in [0.05, 0.1) is 5.38 Å². The van der Waals surface area contributed by atoms with Crippen molar-refractivity contribution >= 4 is 50.1 Å². The number of benzene rings is 2. The van der Waals surface area contributed by atoms with Crippen molar-refractivity contribution in [3.05, 3.63) is 67.5 Å². The minimum absolute atomic E-state index is 0.111. The fourth-order valence-electron chi connectivity index (χ4n) is 1.69. The molecular formula is C14H10BrClFI. The fraction of sp³-hybridized carbons (Fsp3) is 0.143. The van der Waals surface area contributed by atoms with Crippen LogP contribution in [0, 0.1) is 9.39 Å². The van der Waals surface area contributed by atoms with Crippen LogP contribution in [-0.4, -0.2) is 0 Å². The first-order valence-electron chi connectivity index (χ1n) is 5.40. The molecule has 0 saturated heterocycles. The maximum Gasteiger partial charge on any atom is 0.123 e. The molecule has 0 heterocycles. The SMILES string of the molecule is Fc1ccc(CC(Cl)c2cc(Br)ccc2I)cc1.